The van der Waals surface area contributed by atoms with E-state index < -0.39 is 0 Å². The number of nitrogens with zero attached hydrogens (tertiary/aromatic N) is 4. The van der Waals surface area contributed by atoms with Crippen LogP contribution in [0, 0.1) is 13.8 Å². The Labute approximate surface area is 160 Å². The molecule has 0 aliphatic carbocycles. The standard InChI is InChI=1S/C19H18N6OS/c1-12-3-4-17(27-12)15-10-16(24-23-15)19(26)22-11-14-5-6-21-18(9-14)25-8-7-20-13(25)2/h3-10H,11H2,1-2H3,(H,22,26)(H,23,24). The van der Waals surface area contributed by atoms with Crippen molar-refractivity contribution in [3.63, 3.8) is 0 Å². The average molecular weight is 378 g/mol. The van der Waals surface area contributed by atoms with Crippen LogP contribution in [0.15, 0.2) is 48.9 Å². The molecule has 0 unspecified atom stereocenters. The van der Waals surface area contributed by atoms with Crippen molar-refractivity contribution >= 4 is 17.2 Å². The molecule has 136 valence electrons. The highest BCUT2D eigenvalue weighted by molar-refractivity contribution is 7.15. The molecule has 4 aromatic heterocycles. The van der Waals surface area contributed by atoms with Crippen molar-refractivity contribution in [2.45, 2.75) is 20.4 Å². The monoisotopic (exact) mass is 378 g/mol. The highest BCUT2D eigenvalue weighted by atomic mass is 32.1. The summed E-state index contributed by atoms with van der Waals surface area (Å²) in [5.74, 6) is 1.41. The van der Waals surface area contributed by atoms with Gasteiger partial charge in [0.2, 0.25) is 0 Å². The van der Waals surface area contributed by atoms with Crippen molar-refractivity contribution in [1.29, 1.82) is 0 Å². The lowest BCUT2D eigenvalue weighted by atomic mass is 10.2. The van der Waals surface area contributed by atoms with Crippen molar-refractivity contribution in [1.82, 2.24) is 30.0 Å². The number of rotatable bonds is 5. The molecular formula is C19H18N6OS. The third-order valence-corrected chi connectivity index (χ3v) is 5.19. The molecule has 7 nitrogen and oxygen atoms in total. The Morgan fingerprint density at radius 2 is 2.07 bits per heavy atom. The van der Waals surface area contributed by atoms with Crippen LogP contribution in [-0.4, -0.2) is 30.6 Å². The highest BCUT2D eigenvalue weighted by Crippen LogP contribution is 2.26. The van der Waals surface area contributed by atoms with E-state index in [1.807, 2.05) is 48.9 Å². The van der Waals surface area contributed by atoms with Gasteiger partial charge in [-0.1, -0.05) is 0 Å². The summed E-state index contributed by atoms with van der Waals surface area (Å²) in [5.41, 5.74) is 2.17. The Balaban J connectivity index is 1.44. The number of thiophene rings is 1. The number of amides is 1. The van der Waals surface area contributed by atoms with Gasteiger partial charge in [-0.3, -0.25) is 14.5 Å². The molecular weight excluding hydrogens is 360 g/mol. The van der Waals surface area contributed by atoms with Gasteiger partial charge in [-0.05, 0) is 49.7 Å². The smallest absolute Gasteiger partial charge is 0.272 e. The van der Waals surface area contributed by atoms with Gasteiger partial charge in [0, 0.05) is 30.0 Å². The molecule has 4 rings (SSSR count). The van der Waals surface area contributed by atoms with Gasteiger partial charge in [0.25, 0.3) is 5.91 Å². The molecule has 0 aliphatic rings. The van der Waals surface area contributed by atoms with E-state index in [2.05, 4.69) is 25.5 Å². The Kier molecular flexibility index (Phi) is 4.55. The summed E-state index contributed by atoms with van der Waals surface area (Å²) >= 11 is 1.66. The molecule has 0 aliphatic heterocycles. The predicted molar refractivity (Wildman–Crippen MR) is 104 cm³/mol. The van der Waals surface area contributed by atoms with E-state index in [-0.39, 0.29) is 5.91 Å². The SMILES string of the molecule is Cc1ccc(-c2cc(C(=O)NCc3ccnc(-n4ccnc4C)c3)n[nH]2)s1. The molecule has 1 amide bonds. The zero-order chi connectivity index (χ0) is 18.8. The minimum Gasteiger partial charge on any atom is -0.347 e. The van der Waals surface area contributed by atoms with Crippen LogP contribution >= 0.6 is 11.3 Å². The van der Waals surface area contributed by atoms with Crippen LogP contribution in [0.4, 0.5) is 0 Å². The number of carbonyl (C=O) groups excluding carboxylic acids is 1. The average Bonchev–Trinajstić information content (AvgIpc) is 3.40. The quantitative estimate of drug-likeness (QED) is 0.558. The molecule has 4 heterocycles. The third-order valence-electron chi connectivity index (χ3n) is 4.15. The van der Waals surface area contributed by atoms with Crippen molar-refractivity contribution in [3.8, 4) is 16.4 Å². The summed E-state index contributed by atoms with van der Waals surface area (Å²) in [6.45, 7) is 4.36. The molecule has 27 heavy (non-hydrogen) atoms. The van der Waals surface area contributed by atoms with Crippen LogP contribution in [0.3, 0.4) is 0 Å². The molecule has 0 fully saturated rings. The number of imidazole rings is 1. The second-order valence-corrected chi connectivity index (χ2v) is 7.41. The van der Waals surface area contributed by atoms with Crippen LogP contribution in [-0.2, 0) is 6.54 Å². The summed E-state index contributed by atoms with van der Waals surface area (Å²) in [7, 11) is 0. The summed E-state index contributed by atoms with van der Waals surface area (Å²) in [6, 6.07) is 9.64. The first kappa shape index (κ1) is 17.2. The van der Waals surface area contributed by atoms with E-state index in [1.165, 1.54) is 4.88 Å². The zero-order valence-electron chi connectivity index (χ0n) is 14.9. The lowest BCUT2D eigenvalue weighted by molar-refractivity contribution is 0.0946. The van der Waals surface area contributed by atoms with Crippen LogP contribution in [0.2, 0.25) is 0 Å². The third kappa shape index (κ3) is 3.65. The number of aryl methyl sites for hydroxylation is 2. The Bertz CT molecular complexity index is 1090. The molecule has 0 radical (unpaired) electrons. The first-order valence-corrected chi connectivity index (χ1v) is 9.27. The molecule has 0 bridgehead atoms. The maximum Gasteiger partial charge on any atom is 0.272 e. The molecule has 4 aromatic rings. The van der Waals surface area contributed by atoms with Crippen molar-refractivity contribution < 1.29 is 4.79 Å². The number of hydrogen-bond donors (Lipinski definition) is 2. The van der Waals surface area contributed by atoms with Crippen molar-refractivity contribution in [3.05, 3.63) is 70.9 Å². The second-order valence-electron chi connectivity index (χ2n) is 6.13. The van der Waals surface area contributed by atoms with E-state index >= 15 is 0 Å². The minimum atomic E-state index is -0.219. The van der Waals surface area contributed by atoms with Crippen LogP contribution in [0.1, 0.15) is 26.8 Å². The molecule has 0 saturated heterocycles. The van der Waals surface area contributed by atoms with Gasteiger partial charge < -0.3 is 5.32 Å². The Morgan fingerprint density at radius 1 is 1.19 bits per heavy atom. The van der Waals surface area contributed by atoms with E-state index in [0.29, 0.717) is 12.2 Å². The fraction of sp³-hybridized carbons (Fsp3) is 0.158. The van der Waals surface area contributed by atoms with E-state index in [9.17, 15) is 4.79 Å². The topological polar surface area (TPSA) is 88.5 Å². The number of H-pyrrole nitrogens is 1. The number of aromatic nitrogens is 5. The maximum atomic E-state index is 12.4. The van der Waals surface area contributed by atoms with Crippen molar-refractivity contribution in [2.24, 2.45) is 0 Å². The van der Waals surface area contributed by atoms with E-state index in [1.54, 1.807) is 29.8 Å². The lowest BCUT2D eigenvalue weighted by Crippen LogP contribution is -2.23. The predicted octanol–water partition coefficient (Wildman–Crippen LogP) is 3.27. The van der Waals surface area contributed by atoms with Crippen molar-refractivity contribution in [2.75, 3.05) is 0 Å². The summed E-state index contributed by atoms with van der Waals surface area (Å²) < 4.78 is 1.90. The van der Waals surface area contributed by atoms with Gasteiger partial charge in [0.1, 0.15) is 11.6 Å². The molecule has 8 heteroatoms. The van der Waals surface area contributed by atoms with Gasteiger partial charge in [-0.25, -0.2) is 9.97 Å². The molecule has 2 N–H and O–H groups in total. The molecule has 0 atom stereocenters. The summed E-state index contributed by atoms with van der Waals surface area (Å²) in [4.78, 5) is 23.3. The fourth-order valence-electron chi connectivity index (χ4n) is 2.74. The summed E-state index contributed by atoms with van der Waals surface area (Å²) in [6.07, 6.45) is 5.31. The lowest BCUT2D eigenvalue weighted by Gasteiger charge is -2.07. The number of pyridine rings is 1. The van der Waals surface area contributed by atoms with E-state index in [4.69, 9.17) is 0 Å². The highest BCUT2D eigenvalue weighted by Gasteiger charge is 2.12. The Hall–Kier alpha value is -3.26. The summed E-state index contributed by atoms with van der Waals surface area (Å²) in [5, 5.41) is 9.96. The normalized spacial score (nSPS) is 10.9. The zero-order valence-corrected chi connectivity index (χ0v) is 15.7. The fourth-order valence-corrected chi connectivity index (χ4v) is 3.57. The van der Waals surface area contributed by atoms with Gasteiger partial charge in [-0.15, -0.1) is 11.3 Å². The van der Waals surface area contributed by atoms with Crippen LogP contribution in [0.5, 0.6) is 0 Å². The molecule has 0 saturated carbocycles. The maximum absolute atomic E-state index is 12.4. The van der Waals surface area contributed by atoms with Gasteiger partial charge in [0.15, 0.2) is 5.69 Å². The molecule has 0 aromatic carbocycles. The molecule has 0 spiro atoms. The van der Waals surface area contributed by atoms with Gasteiger partial charge in [0.05, 0.1) is 10.6 Å². The number of carbonyl (C=O) groups is 1. The first-order chi connectivity index (χ1) is 13.1. The van der Waals surface area contributed by atoms with E-state index in [0.717, 1.165) is 27.8 Å². The van der Waals surface area contributed by atoms with Gasteiger partial charge in [-0.2, -0.15) is 5.10 Å². The second kappa shape index (κ2) is 7.16. The number of nitrogens with one attached hydrogen (secondary N) is 2. The first-order valence-electron chi connectivity index (χ1n) is 8.46. The van der Waals surface area contributed by atoms with Crippen LogP contribution < -0.4 is 5.32 Å². The largest absolute Gasteiger partial charge is 0.347 e. The van der Waals surface area contributed by atoms with Gasteiger partial charge >= 0.3 is 0 Å². The number of hydrogen-bond acceptors (Lipinski definition) is 5. The number of aromatic amines is 1. The van der Waals surface area contributed by atoms with Crippen LogP contribution in [0.25, 0.3) is 16.4 Å². The minimum absolute atomic E-state index is 0.219. The Morgan fingerprint density at radius 3 is 2.81 bits per heavy atom.